The first-order chi connectivity index (χ1) is 9.65. The molecule has 1 unspecified atom stereocenters. The van der Waals surface area contributed by atoms with Crippen molar-refractivity contribution in [3.63, 3.8) is 0 Å². The smallest absolute Gasteiger partial charge is 0.0540 e. The molecule has 1 N–H and O–H groups in total. The van der Waals surface area contributed by atoms with Crippen LogP contribution in [0.15, 0.2) is 24.4 Å². The molecule has 0 bridgehead atoms. The minimum absolute atomic E-state index is 0.452. The number of aryl methyl sites for hydroxylation is 3. The van der Waals surface area contributed by atoms with E-state index in [1.54, 1.807) is 0 Å². The molecule has 106 valence electrons. The van der Waals surface area contributed by atoms with Crippen LogP contribution in [-0.4, -0.2) is 9.78 Å². The average molecular weight is 269 g/mol. The van der Waals surface area contributed by atoms with Crippen molar-refractivity contribution in [1.29, 1.82) is 0 Å². The molecule has 2 aromatic rings. The second-order valence-electron chi connectivity index (χ2n) is 5.93. The topological polar surface area (TPSA) is 29.9 Å². The Balaban J connectivity index is 1.73. The summed E-state index contributed by atoms with van der Waals surface area (Å²) >= 11 is 0. The van der Waals surface area contributed by atoms with Gasteiger partial charge in [-0.15, -0.1) is 0 Å². The van der Waals surface area contributed by atoms with Crippen molar-refractivity contribution in [3.8, 4) is 0 Å². The fourth-order valence-electron chi connectivity index (χ4n) is 3.20. The van der Waals surface area contributed by atoms with Gasteiger partial charge in [0.1, 0.15) is 0 Å². The predicted octanol–water partition coefficient (Wildman–Crippen LogP) is 3.20. The Morgan fingerprint density at radius 1 is 1.35 bits per heavy atom. The summed E-state index contributed by atoms with van der Waals surface area (Å²) in [6, 6.07) is 7.14. The summed E-state index contributed by atoms with van der Waals surface area (Å²) in [7, 11) is 2.05. The SMILES string of the molecule is Cc1ccc(CNC2CCCc3c2cnn3C)c(C)c1. The van der Waals surface area contributed by atoms with E-state index in [2.05, 4.69) is 42.5 Å². The van der Waals surface area contributed by atoms with E-state index in [9.17, 15) is 0 Å². The van der Waals surface area contributed by atoms with Gasteiger partial charge in [-0.1, -0.05) is 23.8 Å². The predicted molar refractivity (Wildman–Crippen MR) is 81.6 cm³/mol. The van der Waals surface area contributed by atoms with Crippen molar-refractivity contribution in [1.82, 2.24) is 15.1 Å². The van der Waals surface area contributed by atoms with Crippen molar-refractivity contribution in [3.05, 3.63) is 52.3 Å². The molecule has 20 heavy (non-hydrogen) atoms. The fraction of sp³-hybridized carbons (Fsp3) is 0.471. The maximum absolute atomic E-state index is 4.41. The molecule has 0 aliphatic heterocycles. The standard InChI is InChI=1S/C17H23N3/c1-12-7-8-14(13(2)9-12)10-18-16-5-4-6-17-15(16)11-19-20(17)3/h7-9,11,16,18H,4-6,10H2,1-3H3. The third-order valence-electron chi connectivity index (χ3n) is 4.41. The number of nitrogens with one attached hydrogen (secondary N) is 1. The molecule has 0 saturated heterocycles. The van der Waals surface area contributed by atoms with Gasteiger partial charge in [0.25, 0.3) is 0 Å². The molecule has 1 aromatic carbocycles. The molecule has 1 aromatic heterocycles. The molecule has 0 amide bonds. The molecule has 1 atom stereocenters. The third kappa shape index (κ3) is 2.50. The van der Waals surface area contributed by atoms with Crippen LogP contribution in [-0.2, 0) is 20.0 Å². The highest BCUT2D eigenvalue weighted by molar-refractivity contribution is 5.31. The highest BCUT2D eigenvalue weighted by Crippen LogP contribution is 2.29. The number of fused-ring (bicyclic) bond motifs is 1. The van der Waals surface area contributed by atoms with Crippen LogP contribution in [0.4, 0.5) is 0 Å². The number of aromatic nitrogens is 2. The Hall–Kier alpha value is -1.61. The van der Waals surface area contributed by atoms with Gasteiger partial charge in [-0.3, -0.25) is 4.68 Å². The molecule has 1 aliphatic carbocycles. The summed E-state index contributed by atoms with van der Waals surface area (Å²) in [6.45, 7) is 5.28. The molecule has 3 nitrogen and oxygen atoms in total. The zero-order valence-electron chi connectivity index (χ0n) is 12.6. The Bertz CT molecular complexity index is 613. The maximum atomic E-state index is 4.41. The van der Waals surface area contributed by atoms with Gasteiger partial charge in [-0.05, 0) is 44.2 Å². The van der Waals surface area contributed by atoms with E-state index in [4.69, 9.17) is 0 Å². The van der Waals surface area contributed by atoms with Crippen molar-refractivity contribution in [2.24, 2.45) is 7.05 Å². The first-order valence-electron chi connectivity index (χ1n) is 7.45. The number of hydrogen-bond donors (Lipinski definition) is 1. The first kappa shape index (κ1) is 13.4. The van der Waals surface area contributed by atoms with E-state index in [0.29, 0.717) is 6.04 Å². The maximum Gasteiger partial charge on any atom is 0.0540 e. The van der Waals surface area contributed by atoms with Gasteiger partial charge in [0, 0.05) is 30.9 Å². The Kier molecular flexibility index (Phi) is 3.62. The van der Waals surface area contributed by atoms with Crippen LogP contribution in [0.5, 0.6) is 0 Å². The van der Waals surface area contributed by atoms with Crippen LogP contribution in [0, 0.1) is 13.8 Å². The molecule has 0 spiro atoms. The van der Waals surface area contributed by atoms with E-state index in [1.807, 2.05) is 17.9 Å². The van der Waals surface area contributed by atoms with Gasteiger partial charge in [0.15, 0.2) is 0 Å². The second-order valence-corrected chi connectivity index (χ2v) is 5.93. The monoisotopic (exact) mass is 269 g/mol. The molecule has 1 aliphatic rings. The summed E-state index contributed by atoms with van der Waals surface area (Å²) in [5.41, 5.74) is 6.89. The van der Waals surface area contributed by atoms with Crippen LogP contribution in [0.25, 0.3) is 0 Å². The molecule has 0 radical (unpaired) electrons. The quantitative estimate of drug-likeness (QED) is 0.927. The molecular weight excluding hydrogens is 246 g/mol. The summed E-state index contributed by atoms with van der Waals surface area (Å²) in [5.74, 6) is 0. The zero-order valence-corrected chi connectivity index (χ0v) is 12.6. The van der Waals surface area contributed by atoms with Gasteiger partial charge < -0.3 is 5.32 Å². The lowest BCUT2D eigenvalue weighted by Gasteiger charge is -2.24. The van der Waals surface area contributed by atoms with Crippen molar-refractivity contribution in [2.75, 3.05) is 0 Å². The van der Waals surface area contributed by atoms with Crippen LogP contribution in [0.2, 0.25) is 0 Å². The highest BCUT2D eigenvalue weighted by Gasteiger charge is 2.22. The van der Waals surface area contributed by atoms with Gasteiger partial charge in [0.2, 0.25) is 0 Å². The Labute approximate surface area is 121 Å². The molecule has 3 heteroatoms. The summed E-state index contributed by atoms with van der Waals surface area (Å²) in [5, 5.41) is 8.12. The molecule has 3 rings (SSSR count). The second kappa shape index (κ2) is 5.41. The zero-order chi connectivity index (χ0) is 14.1. The van der Waals surface area contributed by atoms with Crippen molar-refractivity contribution >= 4 is 0 Å². The van der Waals surface area contributed by atoms with Crippen molar-refractivity contribution in [2.45, 2.75) is 45.7 Å². The van der Waals surface area contributed by atoms with Crippen LogP contribution >= 0.6 is 0 Å². The van der Waals surface area contributed by atoms with E-state index >= 15 is 0 Å². The van der Waals surface area contributed by atoms with Gasteiger partial charge in [-0.25, -0.2) is 0 Å². The van der Waals surface area contributed by atoms with Gasteiger partial charge in [0.05, 0.1) is 6.20 Å². The molecule has 0 saturated carbocycles. The summed E-state index contributed by atoms with van der Waals surface area (Å²) in [6.07, 6.45) is 5.66. The minimum atomic E-state index is 0.452. The average Bonchev–Trinajstić information content (AvgIpc) is 2.80. The van der Waals surface area contributed by atoms with Gasteiger partial charge >= 0.3 is 0 Å². The molecule has 1 heterocycles. The highest BCUT2D eigenvalue weighted by atomic mass is 15.3. The first-order valence-corrected chi connectivity index (χ1v) is 7.45. The Morgan fingerprint density at radius 2 is 2.20 bits per heavy atom. The lowest BCUT2D eigenvalue weighted by molar-refractivity contribution is 0.451. The molecular formula is C17H23N3. The van der Waals surface area contributed by atoms with Crippen molar-refractivity contribution < 1.29 is 0 Å². The van der Waals surface area contributed by atoms with E-state index in [0.717, 1.165) is 13.0 Å². The number of hydrogen-bond acceptors (Lipinski definition) is 2. The largest absolute Gasteiger partial charge is 0.306 e. The third-order valence-corrected chi connectivity index (χ3v) is 4.41. The fourth-order valence-corrected chi connectivity index (χ4v) is 3.20. The normalized spacial score (nSPS) is 18.1. The lowest BCUT2D eigenvalue weighted by atomic mass is 9.92. The van der Waals surface area contributed by atoms with Gasteiger partial charge in [-0.2, -0.15) is 5.10 Å². The van der Waals surface area contributed by atoms with E-state index in [1.165, 1.54) is 40.8 Å². The summed E-state index contributed by atoms with van der Waals surface area (Å²) < 4.78 is 2.03. The molecule has 0 fully saturated rings. The Morgan fingerprint density at radius 3 is 3.00 bits per heavy atom. The number of benzene rings is 1. The lowest BCUT2D eigenvalue weighted by Crippen LogP contribution is -2.25. The summed E-state index contributed by atoms with van der Waals surface area (Å²) in [4.78, 5) is 0. The van der Waals surface area contributed by atoms with Crippen LogP contribution < -0.4 is 5.32 Å². The van der Waals surface area contributed by atoms with E-state index < -0.39 is 0 Å². The van der Waals surface area contributed by atoms with Crippen LogP contribution in [0.3, 0.4) is 0 Å². The number of rotatable bonds is 3. The number of nitrogens with zero attached hydrogens (tertiary/aromatic N) is 2. The van der Waals surface area contributed by atoms with Crippen LogP contribution in [0.1, 0.15) is 46.8 Å². The minimum Gasteiger partial charge on any atom is -0.306 e. The van der Waals surface area contributed by atoms with E-state index in [-0.39, 0.29) is 0 Å².